The van der Waals surface area contributed by atoms with Crippen LogP contribution in [-0.2, 0) is 13.0 Å². The van der Waals surface area contributed by atoms with Gasteiger partial charge in [-0.25, -0.2) is 4.98 Å². The van der Waals surface area contributed by atoms with Crippen LogP contribution in [0.3, 0.4) is 0 Å². The Bertz CT molecular complexity index is 1370. The molecule has 0 spiro atoms. The van der Waals surface area contributed by atoms with E-state index < -0.39 is 0 Å². The fourth-order valence-corrected chi connectivity index (χ4v) is 4.70. The van der Waals surface area contributed by atoms with E-state index >= 15 is 0 Å². The molecule has 2 aromatic carbocycles. The number of carbonyl (C=O) groups excluding carboxylic acids is 1. The second-order valence-corrected chi connectivity index (χ2v) is 9.21. The Morgan fingerprint density at radius 3 is 2.39 bits per heavy atom. The molecule has 0 unspecified atom stereocenters. The standard InChI is InChI=1S/C30H37N5O/c1-7-23-12-10-11-20(4)27(23)18-31-28-17-24(19-35-22(6)21(5)32-29(28)35)30(36)33-25-13-15-26(16-14-25)34(8-2)9-3/h10-17,19,31H,7-9,18H2,1-6H3,(H,33,36). The molecule has 0 aliphatic carbocycles. The van der Waals surface area contributed by atoms with Gasteiger partial charge in [-0.1, -0.05) is 25.1 Å². The lowest BCUT2D eigenvalue weighted by Gasteiger charge is -2.21. The van der Waals surface area contributed by atoms with Crippen LogP contribution >= 0.6 is 0 Å². The Kier molecular flexibility index (Phi) is 7.63. The van der Waals surface area contributed by atoms with Gasteiger partial charge in [0.1, 0.15) is 0 Å². The van der Waals surface area contributed by atoms with E-state index in [1.807, 2.05) is 42.6 Å². The third kappa shape index (κ3) is 5.08. The number of hydrogen-bond acceptors (Lipinski definition) is 4. The number of pyridine rings is 1. The summed E-state index contributed by atoms with van der Waals surface area (Å²) >= 11 is 0. The molecule has 1 amide bonds. The monoisotopic (exact) mass is 483 g/mol. The Hall–Kier alpha value is -3.80. The van der Waals surface area contributed by atoms with E-state index in [1.54, 1.807) is 0 Å². The van der Waals surface area contributed by atoms with Crippen molar-refractivity contribution in [1.82, 2.24) is 9.38 Å². The van der Waals surface area contributed by atoms with Crippen molar-refractivity contribution in [3.05, 3.63) is 88.4 Å². The highest BCUT2D eigenvalue weighted by Gasteiger charge is 2.16. The average Bonchev–Trinajstić information content (AvgIpc) is 3.18. The Balaban J connectivity index is 1.63. The molecule has 0 atom stereocenters. The van der Waals surface area contributed by atoms with Crippen molar-refractivity contribution >= 4 is 28.6 Å². The van der Waals surface area contributed by atoms with Gasteiger partial charge in [0.2, 0.25) is 0 Å². The maximum atomic E-state index is 13.3. The fourth-order valence-electron chi connectivity index (χ4n) is 4.70. The number of nitrogens with zero attached hydrogens (tertiary/aromatic N) is 3. The number of benzene rings is 2. The Morgan fingerprint density at radius 2 is 1.72 bits per heavy atom. The van der Waals surface area contributed by atoms with Crippen LogP contribution in [0.5, 0.6) is 0 Å². The van der Waals surface area contributed by atoms with Crippen LogP contribution < -0.4 is 15.5 Å². The molecule has 0 aliphatic heterocycles. The molecule has 0 fully saturated rings. The first kappa shape index (κ1) is 25.3. The fraction of sp³-hybridized carbons (Fsp3) is 0.333. The van der Waals surface area contributed by atoms with Gasteiger partial charge >= 0.3 is 0 Å². The summed E-state index contributed by atoms with van der Waals surface area (Å²) in [7, 11) is 0. The normalized spacial score (nSPS) is 11.1. The van der Waals surface area contributed by atoms with Gasteiger partial charge in [-0.3, -0.25) is 4.79 Å². The summed E-state index contributed by atoms with van der Waals surface area (Å²) in [5, 5.41) is 6.64. The third-order valence-electron chi connectivity index (χ3n) is 7.06. The zero-order valence-electron chi connectivity index (χ0n) is 22.3. The summed E-state index contributed by atoms with van der Waals surface area (Å²) in [6.45, 7) is 15.2. The van der Waals surface area contributed by atoms with Crippen LogP contribution in [0.1, 0.15) is 59.2 Å². The molecule has 6 heteroatoms. The smallest absolute Gasteiger partial charge is 0.257 e. The number of hydrogen-bond donors (Lipinski definition) is 2. The van der Waals surface area contributed by atoms with Crippen LogP contribution in [0.2, 0.25) is 0 Å². The van der Waals surface area contributed by atoms with Gasteiger partial charge in [-0.15, -0.1) is 0 Å². The molecule has 0 bridgehead atoms. The molecule has 188 valence electrons. The van der Waals surface area contributed by atoms with Crippen molar-refractivity contribution in [2.45, 2.75) is 54.5 Å². The van der Waals surface area contributed by atoms with Gasteiger partial charge in [-0.05, 0) is 88.1 Å². The van der Waals surface area contributed by atoms with Gasteiger partial charge in [0.15, 0.2) is 5.65 Å². The van der Waals surface area contributed by atoms with Gasteiger partial charge in [0, 0.05) is 42.9 Å². The SMILES string of the molecule is CCc1cccc(C)c1CNc1cc(C(=O)Nc2ccc(N(CC)CC)cc2)cn2c(C)c(C)nc12. The summed E-state index contributed by atoms with van der Waals surface area (Å²) in [6.07, 6.45) is 2.85. The van der Waals surface area contributed by atoms with E-state index in [9.17, 15) is 4.79 Å². The van der Waals surface area contributed by atoms with Crippen LogP contribution in [0.25, 0.3) is 5.65 Å². The minimum Gasteiger partial charge on any atom is -0.378 e. The molecule has 0 saturated carbocycles. The maximum Gasteiger partial charge on any atom is 0.257 e. The molecular formula is C30H37N5O. The maximum absolute atomic E-state index is 13.3. The number of aromatic nitrogens is 2. The highest BCUT2D eigenvalue weighted by molar-refractivity contribution is 6.05. The van der Waals surface area contributed by atoms with E-state index in [4.69, 9.17) is 4.98 Å². The number of carbonyl (C=O) groups is 1. The number of rotatable bonds is 9. The number of nitrogens with one attached hydrogen (secondary N) is 2. The topological polar surface area (TPSA) is 61.7 Å². The van der Waals surface area contributed by atoms with Crippen molar-refractivity contribution < 1.29 is 4.79 Å². The Morgan fingerprint density at radius 1 is 1.00 bits per heavy atom. The molecular weight excluding hydrogens is 446 g/mol. The van der Waals surface area contributed by atoms with Crippen molar-refractivity contribution in [3.63, 3.8) is 0 Å². The van der Waals surface area contributed by atoms with Crippen molar-refractivity contribution in [1.29, 1.82) is 0 Å². The van der Waals surface area contributed by atoms with Gasteiger partial charge in [-0.2, -0.15) is 0 Å². The predicted octanol–water partition coefficient (Wildman–Crippen LogP) is 6.53. The molecule has 0 radical (unpaired) electrons. The summed E-state index contributed by atoms with van der Waals surface area (Å²) in [4.78, 5) is 20.4. The molecule has 2 N–H and O–H groups in total. The first-order chi connectivity index (χ1) is 17.4. The molecule has 0 saturated heterocycles. The van der Waals surface area contributed by atoms with Crippen LogP contribution in [-0.4, -0.2) is 28.4 Å². The van der Waals surface area contributed by atoms with Gasteiger partial charge in [0.05, 0.1) is 16.9 Å². The summed E-state index contributed by atoms with van der Waals surface area (Å²) in [5.41, 5.74) is 10.0. The van der Waals surface area contributed by atoms with Crippen molar-refractivity contribution in [2.75, 3.05) is 28.6 Å². The predicted molar refractivity (Wildman–Crippen MR) is 151 cm³/mol. The highest BCUT2D eigenvalue weighted by Crippen LogP contribution is 2.25. The summed E-state index contributed by atoms with van der Waals surface area (Å²) in [6, 6.07) is 16.4. The van der Waals surface area contributed by atoms with Crippen molar-refractivity contribution in [2.24, 2.45) is 0 Å². The number of amides is 1. The molecule has 4 aromatic rings. The van der Waals surface area contributed by atoms with Crippen LogP contribution in [0, 0.1) is 20.8 Å². The first-order valence-corrected chi connectivity index (χ1v) is 12.8. The average molecular weight is 484 g/mol. The van der Waals surface area contributed by atoms with Crippen LogP contribution in [0.15, 0.2) is 54.7 Å². The quantitative estimate of drug-likeness (QED) is 0.284. The lowest BCUT2D eigenvalue weighted by Crippen LogP contribution is -2.21. The first-order valence-electron chi connectivity index (χ1n) is 12.8. The molecule has 6 nitrogen and oxygen atoms in total. The number of fused-ring (bicyclic) bond motifs is 1. The highest BCUT2D eigenvalue weighted by atomic mass is 16.1. The second kappa shape index (κ2) is 10.9. The second-order valence-electron chi connectivity index (χ2n) is 9.21. The minimum absolute atomic E-state index is 0.147. The molecule has 36 heavy (non-hydrogen) atoms. The van der Waals surface area contributed by atoms with Gasteiger partial charge < -0.3 is 19.9 Å². The minimum atomic E-state index is -0.147. The van der Waals surface area contributed by atoms with E-state index in [0.717, 1.165) is 53.6 Å². The summed E-state index contributed by atoms with van der Waals surface area (Å²) < 4.78 is 2.01. The third-order valence-corrected chi connectivity index (χ3v) is 7.06. The summed E-state index contributed by atoms with van der Waals surface area (Å²) in [5.74, 6) is -0.147. The van der Waals surface area contributed by atoms with E-state index in [-0.39, 0.29) is 5.91 Å². The molecule has 0 aliphatic rings. The largest absolute Gasteiger partial charge is 0.378 e. The zero-order valence-corrected chi connectivity index (χ0v) is 22.3. The van der Waals surface area contributed by atoms with Crippen molar-refractivity contribution in [3.8, 4) is 0 Å². The Labute approximate surface area is 214 Å². The van der Waals surface area contributed by atoms with Gasteiger partial charge in [0.25, 0.3) is 5.91 Å². The lowest BCUT2D eigenvalue weighted by molar-refractivity contribution is 0.102. The molecule has 4 rings (SSSR count). The van der Waals surface area contributed by atoms with E-state index in [1.165, 1.54) is 16.7 Å². The van der Waals surface area contributed by atoms with Crippen LogP contribution in [0.4, 0.5) is 17.1 Å². The van der Waals surface area contributed by atoms with E-state index in [0.29, 0.717) is 12.1 Å². The number of anilines is 3. The zero-order chi connectivity index (χ0) is 25.8. The lowest BCUT2D eigenvalue weighted by atomic mass is 10.00. The molecule has 2 aromatic heterocycles. The number of aryl methyl sites for hydroxylation is 4. The number of imidazole rings is 1. The van der Waals surface area contributed by atoms with E-state index in [2.05, 4.69) is 73.6 Å². The molecule has 2 heterocycles.